The highest BCUT2D eigenvalue weighted by Crippen LogP contribution is 2.25. The van der Waals surface area contributed by atoms with Crippen molar-refractivity contribution in [3.63, 3.8) is 0 Å². The van der Waals surface area contributed by atoms with Crippen molar-refractivity contribution in [3.05, 3.63) is 35.5 Å². The minimum absolute atomic E-state index is 0.0268. The Morgan fingerprint density at radius 1 is 1.14 bits per heavy atom. The smallest absolute Gasteiger partial charge is 0.182 e. The second-order valence-corrected chi connectivity index (χ2v) is 6.16. The third-order valence-electron chi connectivity index (χ3n) is 4.71. The minimum Gasteiger partial charge on any atom is -0.358 e. The van der Waals surface area contributed by atoms with Gasteiger partial charge in [-0.15, -0.1) is 0 Å². The molecule has 1 aliphatic heterocycles. The number of Topliss-reactive ketones (excluding diaryl/α,β-unsaturated/α-hetero) is 1. The highest BCUT2D eigenvalue weighted by molar-refractivity contribution is 6.11. The first-order valence-corrected chi connectivity index (χ1v) is 8.04. The molecule has 1 aromatic heterocycles. The molecule has 1 aliphatic rings. The van der Waals surface area contributed by atoms with Crippen LogP contribution >= 0.6 is 0 Å². The molecule has 3 nitrogen and oxygen atoms in total. The molecule has 2 heterocycles. The molecule has 1 atom stereocenters. The molecule has 1 fully saturated rings. The Labute approximate surface area is 126 Å². The van der Waals surface area contributed by atoms with Crippen molar-refractivity contribution < 1.29 is 4.79 Å². The second-order valence-electron chi connectivity index (χ2n) is 6.16. The van der Waals surface area contributed by atoms with Crippen LogP contribution in [0.1, 0.15) is 48.7 Å². The van der Waals surface area contributed by atoms with E-state index in [1.807, 2.05) is 31.2 Å². The van der Waals surface area contributed by atoms with E-state index in [9.17, 15) is 4.79 Å². The van der Waals surface area contributed by atoms with E-state index in [-0.39, 0.29) is 11.8 Å². The van der Waals surface area contributed by atoms with Crippen LogP contribution in [0.2, 0.25) is 0 Å². The van der Waals surface area contributed by atoms with Crippen molar-refractivity contribution >= 4 is 16.7 Å². The Morgan fingerprint density at radius 2 is 1.81 bits per heavy atom. The zero-order chi connectivity index (χ0) is 14.8. The van der Waals surface area contributed by atoms with E-state index in [4.69, 9.17) is 0 Å². The molecule has 2 aromatic rings. The van der Waals surface area contributed by atoms with Crippen LogP contribution in [0.15, 0.2) is 24.3 Å². The molecule has 3 rings (SSSR count). The van der Waals surface area contributed by atoms with Crippen molar-refractivity contribution in [2.24, 2.45) is 0 Å². The summed E-state index contributed by atoms with van der Waals surface area (Å²) in [5.74, 6) is 0.256. The highest BCUT2D eigenvalue weighted by atomic mass is 16.1. The van der Waals surface area contributed by atoms with Gasteiger partial charge in [-0.2, -0.15) is 0 Å². The van der Waals surface area contributed by atoms with Crippen LogP contribution in [0.25, 0.3) is 10.9 Å². The fourth-order valence-corrected chi connectivity index (χ4v) is 3.45. The number of H-pyrrole nitrogens is 1. The zero-order valence-corrected chi connectivity index (χ0v) is 13.0. The summed E-state index contributed by atoms with van der Waals surface area (Å²) in [6.45, 7) is 6.17. The maximum Gasteiger partial charge on any atom is 0.182 e. The molecule has 21 heavy (non-hydrogen) atoms. The lowest BCUT2D eigenvalue weighted by atomic mass is 10.0. The van der Waals surface area contributed by atoms with Gasteiger partial charge in [-0.3, -0.25) is 9.69 Å². The summed E-state index contributed by atoms with van der Waals surface area (Å²) in [7, 11) is 0. The zero-order valence-electron chi connectivity index (χ0n) is 13.0. The Morgan fingerprint density at radius 3 is 2.52 bits per heavy atom. The average Bonchev–Trinajstić information content (AvgIpc) is 2.67. The van der Waals surface area contributed by atoms with E-state index in [0.717, 1.165) is 35.2 Å². The highest BCUT2D eigenvalue weighted by Gasteiger charge is 2.26. The first kappa shape index (κ1) is 14.3. The number of nitrogens with zero attached hydrogens (tertiary/aromatic N) is 1. The Balaban J connectivity index is 1.90. The third-order valence-corrected chi connectivity index (χ3v) is 4.71. The van der Waals surface area contributed by atoms with Gasteiger partial charge in [0.25, 0.3) is 0 Å². The number of hydrogen-bond donors (Lipinski definition) is 1. The number of hydrogen-bond acceptors (Lipinski definition) is 2. The van der Waals surface area contributed by atoms with Crippen molar-refractivity contribution in [3.8, 4) is 0 Å². The summed E-state index contributed by atoms with van der Waals surface area (Å²) < 4.78 is 0. The fraction of sp³-hybridized carbons (Fsp3) is 0.500. The van der Waals surface area contributed by atoms with Gasteiger partial charge in [0, 0.05) is 22.2 Å². The minimum atomic E-state index is -0.0268. The van der Waals surface area contributed by atoms with Crippen LogP contribution in [0.3, 0.4) is 0 Å². The number of carbonyl (C=O) groups excluding carboxylic acids is 1. The van der Waals surface area contributed by atoms with E-state index in [1.54, 1.807) is 0 Å². The van der Waals surface area contributed by atoms with Crippen LogP contribution in [-0.4, -0.2) is 34.8 Å². The van der Waals surface area contributed by atoms with Crippen molar-refractivity contribution in [2.45, 2.75) is 45.6 Å². The Kier molecular flexibility index (Phi) is 4.11. The standard InChI is InChI=1S/C18H24N2O/c1-13-17(15-9-5-6-10-16(15)19-13)18(21)14(2)20-11-7-3-4-8-12-20/h5-6,9-10,14,19H,3-4,7-8,11-12H2,1-2H3/t14-/m1/s1. The number of ketones is 1. The molecule has 1 N–H and O–H groups in total. The van der Waals surface area contributed by atoms with Gasteiger partial charge >= 0.3 is 0 Å². The molecular formula is C18H24N2O. The lowest BCUT2D eigenvalue weighted by molar-refractivity contribution is 0.0844. The second kappa shape index (κ2) is 6.02. The first-order chi connectivity index (χ1) is 10.2. The van der Waals surface area contributed by atoms with E-state index in [0.29, 0.717) is 0 Å². The quantitative estimate of drug-likeness (QED) is 0.867. The lowest BCUT2D eigenvalue weighted by Crippen LogP contribution is -2.39. The van der Waals surface area contributed by atoms with E-state index in [1.165, 1.54) is 25.7 Å². The topological polar surface area (TPSA) is 36.1 Å². The number of nitrogens with one attached hydrogen (secondary N) is 1. The average molecular weight is 284 g/mol. The molecule has 3 heteroatoms. The van der Waals surface area contributed by atoms with Gasteiger partial charge in [-0.25, -0.2) is 0 Å². The fourth-order valence-electron chi connectivity index (χ4n) is 3.45. The Hall–Kier alpha value is -1.61. The number of fused-ring (bicyclic) bond motifs is 1. The largest absolute Gasteiger partial charge is 0.358 e. The molecule has 1 aromatic carbocycles. The number of benzene rings is 1. The number of carbonyl (C=O) groups is 1. The maximum atomic E-state index is 13.0. The normalized spacial score (nSPS) is 18.6. The van der Waals surface area contributed by atoms with E-state index in [2.05, 4.69) is 16.8 Å². The van der Waals surface area contributed by atoms with Gasteiger partial charge in [-0.1, -0.05) is 31.0 Å². The van der Waals surface area contributed by atoms with Gasteiger partial charge in [0.2, 0.25) is 0 Å². The van der Waals surface area contributed by atoms with Gasteiger partial charge < -0.3 is 4.98 Å². The predicted octanol–water partition coefficient (Wildman–Crippen LogP) is 3.92. The summed E-state index contributed by atoms with van der Waals surface area (Å²) in [5.41, 5.74) is 2.92. The van der Waals surface area contributed by atoms with Gasteiger partial charge in [0.1, 0.15) is 0 Å². The molecule has 0 radical (unpaired) electrons. The summed E-state index contributed by atoms with van der Waals surface area (Å²) in [6.07, 6.45) is 5.02. The van der Waals surface area contributed by atoms with Crippen molar-refractivity contribution in [2.75, 3.05) is 13.1 Å². The molecule has 0 unspecified atom stereocenters. The molecule has 0 bridgehead atoms. The molecule has 0 saturated carbocycles. The van der Waals surface area contributed by atoms with Crippen LogP contribution in [-0.2, 0) is 0 Å². The number of likely N-dealkylation sites (tertiary alicyclic amines) is 1. The summed E-state index contributed by atoms with van der Waals surface area (Å²) in [4.78, 5) is 18.7. The van der Waals surface area contributed by atoms with E-state index >= 15 is 0 Å². The van der Waals surface area contributed by atoms with Gasteiger partial charge in [0.15, 0.2) is 5.78 Å². The molecule has 1 saturated heterocycles. The first-order valence-electron chi connectivity index (χ1n) is 8.04. The summed E-state index contributed by atoms with van der Waals surface area (Å²) >= 11 is 0. The predicted molar refractivity (Wildman–Crippen MR) is 86.9 cm³/mol. The molecule has 0 aliphatic carbocycles. The number of para-hydroxylation sites is 1. The number of rotatable bonds is 3. The van der Waals surface area contributed by atoms with E-state index < -0.39 is 0 Å². The summed E-state index contributed by atoms with van der Waals surface area (Å²) in [5, 5.41) is 1.06. The van der Waals surface area contributed by atoms with Crippen LogP contribution in [0, 0.1) is 6.92 Å². The van der Waals surface area contributed by atoms with Crippen LogP contribution in [0.4, 0.5) is 0 Å². The van der Waals surface area contributed by atoms with Crippen LogP contribution < -0.4 is 0 Å². The molecule has 0 amide bonds. The Bertz CT molecular complexity index is 636. The maximum absolute atomic E-state index is 13.0. The van der Waals surface area contributed by atoms with Crippen LogP contribution in [0.5, 0.6) is 0 Å². The van der Waals surface area contributed by atoms with Gasteiger partial charge in [-0.05, 0) is 45.8 Å². The number of aryl methyl sites for hydroxylation is 1. The SMILES string of the molecule is Cc1[nH]c2ccccc2c1C(=O)[C@@H](C)N1CCCCCC1. The van der Waals surface area contributed by atoms with Crippen molar-refractivity contribution in [1.82, 2.24) is 9.88 Å². The molecule has 0 spiro atoms. The third kappa shape index (κ3) is 2.75. The number of aromatic amines is 1. The van der Waals surface area contributed by atoms with Gasteiger partial charge in [0.05, 0.1) is 6.04 Å². The molecular weight excluding hydrogens is 260 g/mol. The monoisotopic (exact) mass is 284 g/mol. The summed E-state index contributed by atoms with van der Waals surface area (Å²) in [6, 6.07) is 8.06. The number of aromatic nitrogens is 1. The molecule has 112 valence electrons. The van der Waals surface area contributed by atoms with Crippen molar-refractivity contribution in [1.29, 1.82) is 0 Å². The lowest BCUT2D eigenvalue weighted by Gasteiger charge is -2.26.